The Bertz CT molecular complexity index is 1200. The van der Waals surface area contributed by atoms with E-state index in [0.29, 0.717) is 23.9 Å². The number of benzene rings is 2. The van der Waals surface area contributed by atoms with Crippen LogP contribution in [0.5, 0.6) is 0 Å². The van der Waals surface area contributed by atoms with Gasteiger partial charge in [-0.3, -0.25) is 14.2 Å². The zero-order chi connectivity index (χ0) is 18.8. The number of nitrogens with zero attached hydrogens (tertiary/aromatic N) is 2. The fourth-order valence-electron chi connectivity index (χ4n) is 3.13. The van der Waals surface area contributed by atoms with Gasteiger partial charge in [0.05, 0.1) is 17.2 Å². The normalized spacial score (nSPS) is 11.1. The molecule has 2 heterocycles. The fourth-order valence-corrected chi connectivity index (χ4v) is 3.13. The summed E-state index contributed by atoms with van der Waals surface area (Å²) < 4.78 is 14.5. The third kappa shape index (κ3) is 3.44. The van der Waals surface area contributed by atoms with Gasteiger partial charge in [0.25, 0.3) is 5.56 Å². The average molecular weight is 364 g/mol. The summed E-state index contributed by atoms with van der Waals surface area (Å²) in [5.74, 6) is -0.557. The van der Waals surface area contributed by atoms with E-state index in [9.17, 15) is 14.0 Å². The summed E-state index contributed by atoms with van der Waals surface area (Å²) in [5, 5.41) is 4.22. The van der Waals surface area contributed by atoms with Crippen LogP contribution >= 0.6 is 0 Å². The van der Waals surface area contributed by atoms with Gasteiger partial charge >= 0.3 is 0 Å². The van der Waals surface area contributed by atoms with Gasteiger partial charge in [-0.15, -0.1) is 0 Å². The number of halogens is 1. The van der Waals surface area contributed by atoms with Crippen molar-refractivity contribution >= 4 is 27.7 Å². The molecule has 2 aromatic heterocycles. The first-order valence-corrected chi connectivity index (χ1v) is 8.58. The summed E-state index contributed by atoms with van der Waals surface area (Å²) in [7, 11) is 0. The SMILES string of the molecule is O=C(Cn1cnc2ccccc2c1=O)NCCc1c[nH]c2cc(F)ccc12. The molecule has 0 unspecified atom stereocenters. The summed E-state index contributed by atoms with van der Waals surface area (Å²) in [6.45, 7) is 0.328. The highest BCUT2D eigenvalue weighted by atomic mass is 19.1. The molecule has 4 rings (SSSR count). The number of para-hydroxylation sites is 1. The van der Waals surface area contributed by atoms with Crippen LogP contribution in [0, 0.1) is 5.82 Å². The van der Waals surface area contributed by atoms with Gasteiger partial charge < -0.3 is 10.3 Å². The number of hydrogen-bond donors (Lipinski definition) is 2. The van der Waals surface area contributed by atoms with Crippen LogP contribution in [-0.4, -0.2) is 27.0 Å². The molecule has 0 aliphatic carbocycles. The number of aromatic amines is 1. The summed E-state index contributed by atoms with van der Waals surface area (Å²) in [4.78, 5) is 31.8. The van der Waals surface area contributed by atoms with Gasteiger partial charge in [0, 0.05) is 23.6 Å². The molecule has 0 aliphatic heterocycles. The molecule has 0 aliphatic rings. The molecule has 0 saturated heterocycles. The van der Waals surface area contributed by atoms with Crippen molar-refractivity contribution in [1.29, 1.82) is 0 Å². The maximum atomic E-state index is 13.2. The molecule has 6 nitrogen and oxygen atoms in total. The molecule has 0 spiro atoms. The molecular weight excluding hydrogens is 347 g/mol. The highest BCUT2D eigenvalue weighted by Crippen LogP contribution is 2.19. The fraction of sp³-hybridized carbons (Fsp3) is 0.150. The van der Waals surface area contributed by atoms with Gasteiger partial charge in [0.1, 0.15) is 12.4 Å². The van der Waals surface area contributed by atoms with E-state index in [4.69, 9.17) is 0 Å². The topological polar surface area (TPSA) is 79.8 Å². The van der Waals surface area contributed by atoms with E-state index >= 15 is 0 Å². The quantitative estimate of drug-likeness (QED) is 0.571. The molecule has 0 bridgehead atoms. The third-order valence-corrected chi connectivity index (χ3v) is 4.49. The number of fused-ring (bicyclic) bond motifs is 2. The van der Waals surface area contributed by atoms with Crippen LogP contribution < -0.4 is 10.9 Å². The van der Waals surface area contributed by atoms with Gasteiger partial charge in [-0.2, -0.15) is 0 Å². The number of carbonyl (C=O) groups excluding carboxylic acids is 1. The highest BCUT2D eigenvalue weighted by molar-refractivity contribution is 5.83. The molecule has 2 N–H and O–H groups in total. The van der Waals surface area contributed by atoms with Crippen molar-refractivity contribution in [2.24, 2.45) is 0 Å². The number of rotatable bonds is 5. The second-order valence-electron chi connectivity index (χ2n) is 6.30. The molecule has 7 heteroatoms. The van der Waals surface area contributed by atoms with Crippen molar-refractivity contribution in [3.05, 3.63) is 76.7 Å². The molecule has 27 heavy (non-hydrogen) atoms. The minimum absolute atomic E-state index is 0.0875. The number of carbonyl (C=O) groups is 1. The Morgan fingerprint density at radius 2 is 2.04 bits per heavy atom. The molecule has 2 aromatic carbocycles. The first kappa shape index (κ1) is 17.0. The van der Waals surface area contributed by atoms with Crippen molar-refractivity contribution in [1.82, 2.24) is 19.9 Å². The Hall–Kier alpha value is -3.48. The van der Waals surface area contributed by atoms with E-state index in [2.05, 4.69) is 15.3 Å². The van der Waals surface area contributed by atoms with Gasteiger partial charge in [-0.25, -0.2) is 9.37 Å². The molecular formula is C20H17FN4O2. The Labute approximate surface area is 153 Å². The average Bonchev–Trinajstić information content (AvgIpc) is 3.06. The molecule has 0 saturated carbocycles. The monoisotopic (exact) mass is 364 g/mol. The summed E-state index contributed by atoms with van der Waals surface area (Å²) in [5.41, 5.74) is 2.09. The van der Waals surface area contributed by atoms with Gasteiger partial charge in [-0.05, 0) is 42.3 Å². The number of H-pyrrole nitrogens is 1. The van der Waals surface area contributed by atoms with Crippen LogP contribution in [0.1, 0.15) is 5.56 Å². The summed E-state index contributed by atoms with van der Waals surface area (Å²) in [6, 6.07) is 11.6. The zero-order valence-electron chi connectivity index (χ0n) is 14.4. The van der Waals surface area contributed by atoms with Crippen LogP contribution in [0.4, 0.5) is 4.39 Å². The molecule has 136 valence electrons. The summed E-state index contributed by atoms with van der Waals surface area (Å²) in [6.07, 6.45) is 3.80. The highest BCUT2D eigenvalue weighted by Gasteiger charge is 2.09. The molecule has 0 radical (unpaired) electrons. The molecule has 0 atom stereocenters. The summed E-state index contributed by atoms with van der Waals surface area (Å²) >= 11 is 0. The maximum Gasteiger partial charge on any atom is 0.261 e. The second-order valence-corrected chi connectivity index (χ2v) is 6.30. The number of hydrogen-bond acceptors (Lipinski definition) is 3. The minimum Gasteiger partial charge on any atom is -0.361 e. The standard InChI is InChI=1S/C20H17FN4O2/c21-14-5-6-15-13(10-23-18(15)9-14)7-8-22-19(26)11-25-12-24-17-4-2-1-3-16(17)20(25)27/h1-6,9-10,12,23H,7-8,11H2,(H,22,26). The van der Waals surface area contributed by atoms with Crippen LogP contribution in [0.15, 0.2) is 59.8 Å². The predicted molar refractivity (Wildman–Crippen MR) is 101 cm³/mol. The Morgan fingerprint density at radius 3 is 2.93 bits per heavy atom. The lowest BCUT2D eigenvalue weighted by atomic mass is 10.1. The van der Waals surface area contributed by atoms with E-state index in [1.807, 2.05) is 12.3 Å². The molecule has 0 fully saturated rings. The second kappa shape index (κ2) is 7.03. The van der Waals surface area contributed by atoms with Crippen molar-refractivity contribution in [2.75, 3.05) is 6.54 Å². The smallest absolute Gasteiger partial charge is 0.261 e. The van der Waals surface area contributed by atoms with Crippen molar-refractivity contribution in [3.8, 4) is 0 Å². The van der Waals surface area contributed by atoms with Crippen LogP contribution in [0.2, 0.25) is 0 Å². The van der Waals surface area contributed by atoms with Gasteiger partial charge in [-0.1, -0.05) is 12.1 Å². The van der Waals surface area contributed by atoms with Gasteiger partial charge in [0.2, 0.25) is 5.91 Å². The number of amides is 1. The lowest BCUT2D eigenvalue weighted by molar-refractivity contribution is -0.121. The van der Waals surface area contributed by atoms with E-state index in [-0.39, 0.29) is 23.8 Å². The number of aromatic nitrogens is 3. The molecule has 4 aromatic rings. The van der Waals surface area contributed by atoms with Crippen molar-refractivity contribution in [3.63, 3.8) is 0 Å². The maximum absolute atomic E-state index is 13.2. The Balaban J connectivity index is 1.40. The Kier molecular flexibility index (Phi) is 4.42. The van der Waals surface area contributed by atoms with Crippen LogP contribution in [-0.2, 0) is 17.8 Å². The lowest BCUT2D eigenvalue weighted by Gasteiger charge is -2.08. The predicted octanol–water partition coefficient (Wildman–Crippen LogP) is 2.38. The van der Waals surface area contributed by atoms with Crippen molar-refractivity contribution in [2.45, 2.75) is 13.0 Å². The number of nitrogens with one attached hydrogen (secondary N) is 2. The third-order valence-electron chi connectivity index (χ3n) is 4.49. The van der Waals surface area contributed by atoms with Crippen LogP contribution in [0.3, 0.4) is 0 Å². The first-order valence-electron chi connectivity index (χ1n) is 8.58. The van der Waals surface area contributed by atoms with E-state index in [0.717, 1.165) is 16.5 Å². The Morgan fingerprint density at radius 1 is 1.19 bits per heavy atom. The largest absolute Gasteiger partial charge is 0.361 e. The zero-order valence-corrected chi connectivity index (χ0v) is 14.4. The minimum atomic E-state index is -0.293. The lowest BCUT2D eigenvalue weighted by Crippen LogP contribution is -2.33. The molecule has 1 amide bonds. The van der Waals surface area contributed by atoms with E-state index < -0.39 is 0 Å². The van der Waals surface area contributed by atoms with E-state index in [1.54, 1.807) is 24.3 Å². The van der Waals surface area contributed by atoms with Crippen molar-refractivity contribution < 1.29 is 9.18 Å². The van der Waals surface area contributed by atoms with E-state index in [1.165, 1.54) is 23.0 Å². The van der Waals surface area contributed by atoms with Crippen LogP contribution in [0.25, 0.3) is 21.8 Å². The first-order chi connectivity index (χ1) is 13.1. The van der Waals surface area contributed by atoms with Gasteiger partial charge in [0.15, 0.2) is 0 Å².